The minimum atomic E-state index is -4.36. The molecular weight excluding hydrogens is 377 g/mol. The maximum Gasteiger partial charge on any atom is 0.417 e. The van der Waals surface area contributed by atoms with E-state index in [1.165, 1.54) is 11.6 Å². The largest absolute Gasteiger partial charge is 0.490 e. The van der Waals surface area contributed by atoms with Crippen LogP contribution < -0.4 is 9.64 Å². The van der Waals surface area contributed by atoms with Gasteiger partial charge in [0.2, 0.25) is 0 Å². The number of pyridine rings is 1. The molecule has 29 heavy (non-hydrogen) atoms. The van der Waals surface area contributed by atoms with Gasteiger partial charge < -0.3 is 9.64 Å². The van der Waals surface area contributed by atoms with Crippen LogP contribution in [0.2, 0.25) is 0 Å². The second-order valence-corrected chi connectivity index (χ2v) is 8.01. The van der Waals surface area contributed by atoms with Crippen LogP contribution in [0.5, 0.6) is 5.75 Å². The fourth-order valence-electron chi connectivity index (χ4n) is 4.62. The molecule has 0 aliphatic carbocycles. The highest BCUT2D eigenvalue weighted by Crippen LogP contribution is 2.41. The Morgan fingerprint density at radius 2 is 1.90 bits per heavy atom. The lowest BCUT2D eigenvalue weighted by molar-refractivity contribution is -0.137. The second-order valence-electron chi connectivity index (χ2n) is 8.01. The van der Waals surface area contributed by atoms with Crippen LogP contribution in [0.3, 0.4) is 0 Å². The Balaban J connectivity index is 1.48. The Bertz CT molecular complexity index is 865. The summed E-state index contributed by atoms with van der Waals surface area (Å²) in [7, 11) is 0. The molecule has 154 valence electrons. The molecule has 3 nitrogen and oxygen atoms in total. The van der Waals surface area contributed by atoms with E-state index in [0.29, 0.717) is 5.82 Å². The summed E-state index contributed by atoms with van der Waals surface area (Å²) in [6.45, 7) is 5.89. The summed E-state index contributed by atoms with van der Waals surface area (Å²) >= 11 is 0. The third-order valence-electron chi connectivity index (χ3n) is 5.90. The van der Waals surface area contributed by atoms with E-state index in [0.717, 1.165) is 55.7 Å². The first kappa shape index (κ1) is 19.8. The van der Waals surface area contributed by atoms with Crippen LogP contribution in [-0.2, 0) is 12.6 Å². The van der Waals surface area contributed by atoms with E-state index < -0.39 is 11.7 Å². The van der Waals surface area contributed by atoms with E-state index in [1.54, 1.807) is 0 Å². The number of halogens is 3. The Morgan fingerprint density at radius 1 is 1.17 bits per heavy atom. The Kier molecular flexibility index (Phi) is 5.28. The maximum absolute atomic E-state index is 12.8. The first-order chi connectivity index (χ1) is 13.8. The van der Waals surface area contributed by atoms with Crippen molar-refractivity contribution in [2.24, 2.45) is 0 Å². The van der Waals surface area contributed by atoms with Gasteiger partial charge in [-0.05, 0) is 49.9 Å². The second kappa shape index (κ2) is 7.73. The van der Waals surface area contributed by atoms with E-state index in [-0.39, 0.29) is 18.2 Å². The molecule has 2 saturated heterocycles. The number of rotatable bonds is 5. The van der Waals surface area contributed by atoms with Gasteiger partial charge in [-0.1, -0.05) is 23.8 Å². The molecule has 4 rings (SSSR count). The fourth-order valence-corrected chi connectivity index (χ4v) is 4.62. The van der Waals surface area contributed by atoms with Crippen LogP contribution >= 0.6 is 0 Å². The van der Waals surface area contributed by atoms with Crippen molar-refractivity contribution in [2.75, 3.05) is 4.90 Å². The van der Waals surface area contributed by atoms with Gasteiger partial charge in [0.1, 0.15) is 17.7 Å². The lowest BCUT2D eigenvalue weighted by Crippen LogP contribution is -2.46. The van der Waals surface area contributed by atoms with Crippen molar-refractivity contribution >= 4 is 5.82 Å². The Morgan fingerprint density at radius 3 is 2.48 bits per heavy atom. The average molecular weight is 402 g/mol. The zero-order chi connectivity index (χ0) is 20.6. The summed E-state index contributed by atoms with van der Waals surface area (Å²) in [5.74, 6) is 1.53. The summed E-state index contributed by atoms with van der Waals surface area (Å²) in [4.78, 5) is 6.32. The van der Waals surface area contributed by atoms with Crippen LogP contribution in [0, 0.1) is 6.92 Å². The quantitative estimate of drug-likeness (QED) is 0.599. The Labute approximate surface area is 169 Å². The SMILES string of the molecule is C=CCc1cc(C)ccc1O[C@H]1C[C@H]2CC[C@@H](C1)N2c1ccc(C(F)(F)F)cn1. The summed E-state index contributed by atoms with van der Waals surface area (Å²) in [6, 6.07) is 9.33. The molecule has 2 aliphatic heterocycles. The third-order valence-corrected chi connectivity index (χ3v) is 5.90. The maximum atomic E-state index is 12.8. The van der Waals surface area contributed by atoms with E-state index in [2.05, 4.69) is 35.5 Å². The van der Waals surface area contributed by atoms with Crippen molar-refractivity contribution in [2.45, 2.75) is 63.4 Å². The molecule has 3 atom stereocenters. The first-order valence-corrected chi connectivity index (χ1v) is 10.0. The topological polar surface area (TPSA) is 25.4 Å². The molecule has 2 fully saturated rings. The van der Waals surface area contributed by atoms with Crippen LogP contribution in [0.15, 0.2) is 49.2 Å². The van der Waals surface area contributed by atoms with Crippen LogP contribution in [0.4, 0.5) is 19.0 Å². The molecule has 1 aromatic heterocycles. The normalized spacial score (nSPS) is 23.9. The van der Waals surface area contributed by atoms with Gasteiger partial charge >= 0.3 is 6.18 Å². The number of benzene rings is 1. The standard InChI is InChI=1S/C23H25F3N2O/c1-3-4-16-11-15(2)5-9-21(16)29-20-12-18-7-8-19(13-20)28(18)22-10-6-17(14-27-22)23(24,25)26/h3,5-6,9-11,14,18-20H,1,4,7-8,12-13H2,2H3/t18-,19+,20+. The molecule has 0 unspecified atom stereocenters. The number of fused-ring (bicyclic) bond motifs is 2. The molecule has 0 amide bonds. The molecule has 0 spiro atoms. The Hall–Kier alpha value is -2.50. The molecule has 0 N–H and O–H groups in total. The number of nitrogens with zero attached hydrogens (tertiary/aromatic N) is 2. The summed E-state index contributed by atoms with van der Waals surface area (Å²) in [5, 5.41) is 0. The minimum absolute atomic E-state index is 0.101. The summed E-state index contributed by atoms with van der Waals surface area (Å²) in [6.07, 6.45) is 3.04. The summed E-state index contributed by atoms with van der Waals surface area (Å²) in [5.41, 5.74) is 1.62. The number of allylic oxidation sites excluding steroid dienone is 1. The molecule has 1 aromatic carbocycles. The van der Waals surface area contributed by atoms with Crippen molar-refractivity contribution in [3.8, 4) is 5.75 Å². The predicted octanol–water partition coefficient (Wildman–Crippen LogP) is 5.72. The molecule has 2 bridgehead atoms. The number of aryl methyl sites for hydroxylation is 1. The van der Waals surface area contributed by atoms with Gasteiger partial charge in [0, 0.05) is 31.1 Å². The molecule has 0 radical (unpaired) electrons. The van der Waals surface area contributed by atoms with Gasteiger partial charge in [-0.25, -0.2) is 4.98 Å². The highest BCUT2D eigenvalue weighted by atomic mass is 19.4. The van der Waals surface area contributed by atoms with Crippen LogP contribution in [0.1, 0.15) is 42.4 Å². The first-order valence-electron chi connectivity index (χ1n) is 10.0. The number of piperidine rings is 1. The van der Waals surface area contributed by atoms with Gasteiger partial charge in [-0.2, -0.15) is 13.2 Å². The van der Waals surface area contributed by atoms with Crippen molar-refractivity contribution in [3.63, 3.8) is 0 Å². The molecular formula is C23H25F3N2O. The number of aromatic nitrogens is 1. The lowest BCUT2D eigenvalue weighted by Gasteiger charge is -2.40. The molecule has 0 saturated carbocycles. The number of hydrogen-bond donors (Lipinski definition) is 0. The monoisotopic (exact) mass is 402 g/mol. The van der Waals surface area contributed by atoms with E-state index in [4.69, 9.17) is 4.74 Å². The highest BCUT2D eigenvalue weighted by Gasteiger charge is 2.42. The molecule has 2 aromatic rings. The fraction of sp³-hybridized carbons (Fsp3) is 0.435. The van der Waals surface area contributed by atoms with Crippen molar-refractivity contribution in [1.82, 2.24) is 4.98 Å². The van der Waals surface area contributed by atoms with Gasteiger partial charge in [-0.3, -0.25) is 0 Å². The van der Waals surface area contributed by atoms with Gasteiger partial charge in [0.25, 0.3) is 0 Å². The van der Waals surface area contributed by atoms with Crippen molar-refractivity contribution < 1.29 is 17.9 Å². The van der Waals surface area contributed by atoms with E-state index in [1.807, 2.05) is 12.1 Å². The third kappa shape index (κ3) is 4.11. The predicted molar refractivity (Wildman–Crippen MR) is 107 cm³/mol. The number of ether oxygens (including phenoxy) is 1. The number of anilines is 1. The molecule has 3 heterocycles. The van der Waals surface area contributed by atoms with Crippen LogP contribution in [0.25, 0.3) is 0 Å². The lowest BCUT2D eigenvalue weighted by atomic mass is 9.99. The van der Waals surface area contributed by atoms with Gasteiger partial charge in [-0.15, -0.1) is 6.58 Å². The minimum Gasteiger partial charge on any atom is -0.490 e. The highest BCUT2D eigenvalue weighted by molar-refractivity contribution is 5.45. The number of hydrogen-bond acceptors (Lipinski definition) is 3. The molecule has 6 heteroatoms. The smallest absolute Gasteiger partial charge is 0.417 e. The van der Waals surface area contributed by atoms with E-state index in [9.17, 15) is 13.2 Å². The number of alkyl halides is 3. The van der Waals surface area contributed by atoms with E-state index >= 15 is 0 Å². The average Bonchev–Trinajstić information content (AvgIpc) is 2.94. The van der Waals surface area contributed by atoms with Crippen LogP contribution in [-0.4, -0.2) is 23.2 Å². The summed E-state index contributed by atoms with van der Waals surface area (Å²) < 4.78 is 44.8. The van der Waals surface area contributed by atoms with Gasteiger partial charge in [0.05, 0.1) is 5.56 Å². The van der Waals surface area contributed by atoms with Crippen molar-refractivity contribution in [3.05, 3.63) is 65.9 Å². The zero-order valence-electron chi connectivity index (χ0n) is 16.5. The molecule has 2 aliphatic rings. The zero-order valence-corrected chi connectivity index (χ0v) is 16.5. The van der Waals surface area contributed by atoms with Gasteiger partial charge in [0.15, 0.2) is 0 Å². The van der Waals surface area contributed by atoms with Crippen molar-refractivity contribution in [1.29, 1.82) is 0 Å².